The van der Waals surface area contributed by atoms with Gasteiger partial charge in [0.25, 0.3) is 5.91 Å². The second-order valence-electron chi connectivity index (χ2n) is 8.88. The molecule has 1 aliphatic rings. The number of carbonyl (C=O) groups excluding carboxylic acids is 1. The van der Waals surface area contributed by atoms with Gasteiger partial charge in [0.2, 0.25) is 5.95 Å². The Kier molecular flexibility index (Phi) is 5.84. The largest absolute Gasteiger partial charge is 0.432 e. The number of rotatable bonds is 5. The number of hydrogen-bond donors (Lipinski definition) is 1. The number of nitrogens with zero attached hydrogens (tertiary/aromatic N) is 5. The minimum absolute atomic E-state index is 0.0515. The van der Waals surface area contributed by atoms with Crippen molar-refractivity contribution in [3.8, 4) is 22.6 Å². The molecule has 4 heterocycles. The van der Waals surface area contributed by atoms with E-state index in [-0.39, 0.29) is 23.6 Å². The Balaban J connectivity index is 1.26. The lowest BCUT2D eigenvalue weighted by molar-refractivity contribution is 0.0714. The fourth-order valence-corrected chi connectivity index (χ4v) is 4.64. The Morgan fingerprint density at radius 2 is 1.76 bits per heavy atom. The lowest BCUT2D eigenvalue weighted by Gasteiger charge is -2.33. The third-order valence-electron chi connectivity index (χ3n) is 6.41. The number of benzene rings is 2. The lowest BCUT2D eigenvalue weighted by atomic mass is 10.0. The summed E-state index contributed by atoms with van der Waals surface area (Å²) in [5.74, 6) is -0.0279. The molecule has 0 saturated carbocycles. The second kappa shape index (κ2) is 9.45. The van der Waals surface area contributed by atoms with Crippen LogP contribution in [0.5, 0.6) is 0 Å². The Hall–Kier alpha value is -4.60. The standard InChI is InChI=1S/C27H22F2N6O2/c28-19-7-3-17(4-8-19)23-24(35-14-15-37-27(35)33-23)22-11-12-30-26(32-22)31-21-2-1-13-34(16-21)25(36)18-5-9-20(29)10-6-18/h3-12,14-15,21H,1-2,13,16H2,(H,30,31,32). The van der Waals surface area contributed by atoms with Gasteiger partial charge in [0.05, 0.1) is 5.69 Å². The minimum atomic E-state index is -0.375. The van der Waals surface area contributed by atoms with Crippen LogP contribution in [0.3, 0.4) is 0 Å². The van der Waals surface area contributed by atoms with Gasteiger partial charge < -0.3 is 14.6 Å². The van der Waals surface area contributed by atoms with Crippen LogP contribution >= 0.6 is 0 Å². The summed E-state index contributed by atoms with van der Waals surface area (Å²) < 4.78 is 34.1. The quantitative estimate of drug-likeness (QED) is 0.364. The molecule has 186 valence electrons. The third kappa shape index (κ3) is 4.53. The summed E-state index contributed by atoms with van der Waals surface area (Å²) in [6.45, 7) is 1.11. The van der Waals surface area contributed by atoms with E-state index in [1.54, 1.807) is 39.9 Å². The van der Waals surface area contributed by atoms with Gasteiger partial charge in [-0.15, -0.1) is 0 Å². The maximum absolute atomic E-state index is 13.5. The number of piperidine rings is 1. The summed E-state index contributed by atoms with van der Waals surface area (Å²) in [6.07, 6.45) is 6.61. The highest BCUT2D eigenvalue weighted by atomic mass is 19.1. The van der Waals surface area contributed by atoms with Crippen molar-refractivity contribution >= 4 is 17.7 Å². The Bertz CT molecular complexity index is 1560. The number of fused-ring (bicyclic) bond motifs is 1. The summed E-state index contributed by atoms with van der Waals surface area (Å²) in [7, 11) is 0. The number of likely N-dealkylation sites (tertiary alicyclic amines) is 1. The number of amides is 1. The monoisotopic (exact) mass is 500 g/mol. The number of anilines is 1. The summed E-state index contributed by atoms with van der Waals surface area (Å²) in [4.78, 5) is 28.4. The summed E-state index contributed by atoms with van der Waals surface area (Å²) in [6, 6.07) is 13.4. The van der Waals surface area contributed by atoms with Crippen molar-refractivity contribution in [2.75, 3.05) is 18.4 Å². The number of carbonyl (C=O) groups is 1. The number of imidazole rings is 1. The van der Waals surface area contributed by atoms with Crippen molar-refractivity contribution in [1.29, 1.82) is 0 Å². The first kappa shape index (κ1) is 22.8. The summed E-state index contributed by atoms with van der Waals surface area (Å²) in [5.41, 5.74) is 3.10. The number of oxazole rings is 1. The van der Waals surface area contributed by atoms with Gasteiger partial charge in [0, 0.05) is 42.7 Å². The normalized spacial score (nSPS) is 15.7. The molecule has 2 aromatic carbocycles. The average molecular weight is 501 g/mol. The summed E-state index contributed by atoms with van der Waals surface area (Å²) in [5, 5.41) is 3.36. The molecule has 0 spiro atoms. The number of halogens is 2. The average Bonchev–Trinajstić information content (AvgIpc) is 3.51. The molecule has 1 amide bonds. The van der Waals surface area contributed by atoms with Crippen LogP contribution in [-0.2, 0) is 0 Å². The van der Waals surface area contributed by atoms with Gasteiger partial charge in [-0.25, -0.2) is 18.7 Å². The fourth-order valence-electron chi connectivity index (χ4n) is 4.64. The second-order valence-corrected chi connectivity index (χ2v) is 8.88. The van der Waals surface area contributed by atoms with Crippen molar-refractivity contribution in [1.82, 2.24) is 24.3 Å². The van der Waals surface area contributed by atoms with Gasteiger partial charge in [-0.1, -0.05) is 0 Å². The van der Waals surface area contributed by atoms with Crippen LogP contribution in [-0.4, -0.2) is 49.3 Å². The van der Waals surface area contributed by atoms with Crippen LogP contribution in [0.2, 0.25) is 0 Å². The first-order valence-electron chi connectivity index (χ1n) is 11.9. The lowest BCUT2D eigenvalue weighted by Crippen LogP contribution is -2.45. The SMILES string of the molecule is O=C(c1ccc(F)cc1)N1CCCC(Nc2nccc(-c3c(-c4ccc(F)cc4)nc4occn34)n2)C1. The molecule has 0 aliphatic carbocycles. The Morgan fingerprint density at radius 1 is 1.00 bits per heavy atom. The van der Waals surface area contributed by atoms with Gasteiger partial charge in [0.15, 0.2) is 0 Å². The molecule has 37 heavy (non-hydrogen) atoms. The van der Waals surface area contributed by atoms with E-state index in [2.05, 4.69) is 15.3 Å². The van der Waals surface area contributed by atoms with E-state index in [0.717, 1.165) is 18.4 Å². The number of nitrogens with one attached hydrogen (secondary N) is 1. The minimum Gasteiger partial charge on any atom is -0.432 e. The first-order chi connectivity index (χ1) is 18.0. The molecule has 0 radical (unpaired) electrons. The molecule has 1 fully saturated rings. The predicted octanol–water partition coefficient (Wildman–Crippen LogP) is 5.05. The van der Waals surface area contributed by atoms with E-state index < -0.39 is 0 Å². The molecule has 1 atom stereocenters. The van der Waals surface area contributed by atoms with Gasteiger partial charge in [-0.3, -0.25) is 9.20 Å². The fraction of sp³-hybridized carbons (Fsp3) is 0.185. The zero-order chi connectivity index (χ0) is 25.4. The van der Waals surface area contributed by atoms with Gasteiger partial charge >= 0.3 is 5.84 Å². The molecule has 5 aromatic rings. The number of aromatic nitrogens is 4. The zero-order valence-corrected chi connectivity index (χ0v) is 19.6. The van der Waals surface area contributed by atoms with E-state index in [0.29, 0.717) is 47.5 Å². The van der Waals surface area contributed by atoms with Crippen LogP contribution in [0.15, 0.2) is 77.7 Å². The molecule has 3 aromatic heterocycles. The predicted molar refractivity (Wildman–Crippen MR) is 133 cm³/mol. The van der Waals surface area contributed by atoms with Crippen LogP contribution in [0.1, 0.15) is 23.2 Å². The molecule has 6 rings (SSSR count). The summed E-state index contributed by atoms with van der Waals surface area (Å²) >= 11 is 0. The van der Waals surface area contributed by atoms with Crippen LogP contribution in [0.4, 0.5) is 14.7 Å². The molecule has 1 unspecified atom stereocenters. The van der Waals surface area contributed by atoms with Crippen molar-refractivity contribution < 1.29 is 18.0 Å². The molecular weight excluding hydrogens is 478 g/mol. The van der Waals surface area contributed by atoms with Crippen molar-refractivity contribution in [2.45, 2.75) is 18.9 Å². The van der Waals surface area contributed by atoms with Crippen molar-refractivity contribution in [2.24, 2.45) is 0 Å². The maximum atomic E-state index is 13.5. The van der Waals surface area contributed by atoms with E-state index in [9.17, 15) is 13.6 Å². The highest BCUT2D eigenvalue weighted by Crippen LogP contribution is 2.32. The molecule has 1 saturated heterocycles. The highest BCUT2D eigenvalue weighted by molar-refractivity contribution is 5.94. The van der Waals surface area contributed by atoms with Crippen molar-refractivity contribution in [3.63, 3.8) is 0 Å². The molecule has 0 bridgehead atoms. The van der Waals surface area contributed by atoms with Crippen molar-refractivity contribution in [3.05, 3.63) is 90.5 Å². The van der Waals surface area contributed by atoms with E-state index >= 15 is 0 Å². The molecule has 10 heteroatoms. The zero-order valence-electron chi connectivity index (χ0n) is 19.6. The first-order valence-corrected chi connectivity index (χ1v) is 11.9. The van der Waals surface area contributed by atoms with Crippen LogP contribution < -0.4 is 5.32 Å². The molecule has 1 N–H and O–H groups in total. The molecule has 8 nitrogen and oxygen atoms in total. The van der Waals surface area contributed by atoms with Gasteiger partial charge in [-0.2, -0.15) is 4.98 Å². The van der Waals surface area contributed by atoms with Crippen LogP contribution in [0, 0.1) is 11.6 Å². The highest BCUT2D eigenvalue weighted by Gasteiger charge is 2.26. The number of hydrogen-bond acceptors (Lipinski definition) is 6. The topological polar surface area (TPSA) is 88.6 Å². The smallest absolute Gasteiger partial charge is 0.306 e. The molecule has 1 aliphatic heterocycles. The Morgan fingerprint density at radius 3 is 2.54 bits per heavy atom. The van der Waals surface area contributed by atoms with Crippen LogP contribution in [0.25, 0.3) is 28.5 Å². The van der Waals surface area contributed by atoms with E-state index in [1.165, 1.54) is 42.7 Å². The van der Waals surface area contributed by atoms with E-state index in [4.69, 9.17) is 9.40 Å². The Labute approximate surface area is 210 Å². The van der Waals surface area contributed by atoms with Gasteiger partial charge in [-0.05, 0) is 67.4 Å². The van der Waals surface area contributed by atoms with Gasteiger partial charge in [0.1, 0.15) is 29.3 Å². The molecular formula is C27H22F2N6O2. The third-order valence-corrected chi connectivity index (χ3v) is 6.41. The van der Waals surface area contributed by atoms with E-state index in [1.807, 2.05) is 0 Å². The maximum Gasteiger partial charge on any atom is 0.306 e.